The molecule has 0 fully saturated rings. The number of rotatable bonds is 6. The predicted octanol–water partition coefficient (Wildman–Crippen LogP) is 2.33. The molecule has 0 unspecified atom stereocenters. The molecule has 0 aromatic heterocycles. The number of nitrogens with two attached hydrogens (primary N) is 1. The first-order chi connectivity index (χ1) is 8.84. The molecule has 0 spiro atoms. The number of hydrogen-bond acceptors (Lipinski definition) is 4. The van der Waals surface area contributed by atoms with Gasteiger partial charge in [-0.2, -0.15) is 5.26 Å². The van der Waals surface area contributed by atoms with Crippen molar-refractivity contribution in [3.8, 4) is 6.07 Å². The second kappa shape index (κ2) is 6.44. The van der Waals surface area contributed by atoms with Gasteiger partial charge in [0.1, 0.15) is 0 Å². The molecule has 0 aliphatic carbocycles. The van der Waals surface area contributed by atoms with Crippen molar-refractivity contribution in [2.75, 3.05) is 38.2 Å². The third-order valence-electron chi connectivity index (χ3n) is 2.93. The second-order valence-corrected chi connectivity index (χ2v) is 6.00. The Morgan fingerprint density at radius 1 is 1.37 bits per heavy atom. The van der Waals surface area contributed by atoms with Gasteiger partial charge in [-0.1, -0.05) is 13.8 Å². The topological polar surface area (TPSA) is 65.1 Å². The lowest BCUT2D eigenvalue weighted by molar-refractivity contribution is 0.254. The Balaban J connectivity index is 2.68. The molecule has 1 aromatic rings. The third-order valence-corrected chi connectivity index (χ3v) is 2.93. The molecule has 1 rings (SSSR count). The Bertz CT molecular complexity index is 458. The lowest BCUT2D eigenvalue weighted by atomic mass is 9.93. The molecule has 104 valence electrons. The fraction of sp³-hybridized carbons (Fsp3) is 0.533. The maximum atomic E-state index is 8.76. The summed E-state index contributed by atoms with van der Waals surface area (Å²) in [6, 6.07) is 7.91. The predicted molar refractivity (Wildman–Crippen MR) is 81.0 cm³/mol. The van der Waals surface area contributed by atoms with Crippen LogP contribution in [0.2, 0.25) is 0 Å². The summed E-state index contributed by atoms with van der Waals surface area (Å²) in [4.78, 5) is 2.19. The molecule has 3 N–H and O–H groups in total. The minimum Gasteiger partial charge on any atom is -0.398 e. The van der Waals surface area contributed by atoms with E-state index in [4.69, 9.17) is 11.0 Å². The van der Waals surface area contributed by atoms with Crippen LogP contribution in [0.5, 0.6) is 0 Å². The summed E-state index contributed by atoms with van der Waals surface area (Å²) < 4.78 is 0. The van der Waals surface area contributed by atoms with Crippen LogP contribution in [0.15, 0.2) is 18.2 Å². The minimum atomic E-state index is 0.181. The second-order valence-electron chi connectivity index (χ2n) is 6.00. The van der Waals surface area contributed by atoms with Crippen LogP contribution >= 0.6 is 0 Å². The Labute approximate surface area is 116 Å². The molecule has 0 aliphatic rings. The van der Waals surface area contributed by atoms with Gasteiger partial charge in [-0.05, 0) is 43.3 Å². The van der Waals surface area contributed by atoms with E-state index >= 15 is 0 Å². The van der Waals surface area contributed by atoms with E-state index in [0.29, 0.717) is 12.1 Å². The third kappa shape index (κ3) is 5.19. The summed E-state index contributed by atoms with van der Waals surface area (Å²) in [5.41, 5.74) is 8.61. The van der Waals surface area contributed by atoms with Gasteiger partial charge in [-0.25, -0.2) is 0 Å². The molecule has 0 saturated carbocycles. The highest BCUT2D eigenvalue weighted by molar-refractivity contribution is 5.58. The molecular weight excluding hydrogens is 236 g/mol. The number of anilines is 2. The van der Waals surface area contributed by atoms with Crippen LogP contribution in [0.25, 0.3) is 0 Å². The average molecular weight is 260 g/mol. The fourth-order valence-electron chi connectivity index (χ4n) is 2.21. The van der Waals surface area contributed by atoms with Gasteiger partial charge >= 0.3 is 0 Å². The first-order valence-electron chi connectivity index (χ1n) is 6.48. The van der Waals surface area contributed by atoms with Crippen molar-refractivity contribution in [2.24, 2.45) is 5.41 Å². The van der Waals surface area contributed by atoms with E-state index in [2.05, 4.69) is 44.2 Å². The number of nitrogen functional groups attached to an aromatic ring is 1. The van der Waals surface area contributed by atoms with Gasteiger partial charge in [-0.3, -0.25) is 0 Å². The van der Waals surface area contributed by atoms with E-state index in [1.165, 1.54) is 0 Å². The van der Waals surface area contributed by atoms with Gasteiger partial charge in [0.2, 0.25) is 0 Å². The summed E-state index contributed by atoms with van der Waals surface area (Å²) in [7, 11) is 4.16. The van der Waals surface area contributed by atoms with Gasteiger partial charge in [-0.15, -0.1) is 0 Å². The summed E-state index contributed by atoms with van der Waals surface area (Å²) in [6.45, 7) is 6.35. The quantitative estimate of drug-likeness (QED) is 0.771. The fourth-order valence-corrected chi connectivity index (χ4v) is 2.21. The molecule has 0 amide bonds. The smallest absolute Gasteiger partial charge is 0.0670 e. The van der Waals surface area contributed by atoms with Crippen molar-refractivity contribution in [1.82, 2.24) is 4.90 Å². The van der Waals surface area contributed by atoms with Crippen molar-refractivity contribution < 1.29 is 0 Å². The standard InChI is InChI=1S/C15H24N4/c1-15(2,11-19(3)4)10-18-13-5-6-14(17)12(9-13)7-8-16/h5-6,9,18H,7,10-11,17H2,1-4H3. The summed E-state index contributed by atoms with van der Waals surface area (Å²) in [6.07, 6.45) is 0.350. The summed E-state index contributed by atoms with van der Waals surface area (Å²) in [5.74, 6) is 0. The number of benzene rings is 1. The average Bonchev–Trinajstić information content (AvgIpc) is 2.29. The van der Waals surface area contributed by atoms with E-state index < -0.39 is 0 Å². The van der Waals surface area contributed by atoms with Crippen molar-refractivity contribution in [1.29, 1.82) is 5.26 Å². The van der Waals surface area contributed by atoms with Crippen LogP contribution in [-0.2, 0) is 6.42 Å². The monoisotopic (exact) mass is 260 g/mol. The summed E-state index contributed by atoms with van der Waals surface area (Å²) in [5, 5.41) is 12.2. The van der Waals surface area contributed by atoms with E-state index in [1.54, 1.807) is 0 Å². The SMILES string of the molecule is CN(C)CC(C)(C)CNc1ccc(N)c(CC#N)c1. The largest absolute Gasteiger partial charge is 0.398 e. The van der Waals surface area contributed by atoms with E-state index in [0.717, 1.165) is 24.3 Å². The zero-order valence-corrected chi connectivity index (χ0v) is 12.3. The Hall–Kier alpha value is -1.73. The van der Waals surface area contributed by atoms with Crippen molar-refractivity contribution >= 4 is 11.4 Å². The first kappa shape index (κ1) is 15.3. The molecule has 0 bridgehead atoms. The molecule has 0 heterocycles. The highest BCUT2D eigenvalue weighted by atomic mass is 15.1. The number of hydrogen-bond donors (Lipinski definition) is 2. The van der Waals surface area contributed by atoms with Gasteiger partial charge in [0, 0.05) is 24.5 Å². The van der Waals surface area contributed by atoms with Gasteiger partial charge in [0.25, 0.3) is 0 Å². The maximum Gasteiger partial charge on any atom is 0.0670 e. The van der Waals surface area contributed by atoms with Crippen molar-refractivity contribution in [2.45, 2.75) is 20.3 Å². The minimum absolute atomic E-state index is 0.181. The molecule has 4 heteroatoms. The Morgan fingerprint density at radius 3 is 2.63 bits per heavy atom. The van der Waals surface area contributed by atoms with Gasteiger partial charge in [0.05, 0.1) is 12.5 Å². The molecule has 0 atom stereocenters. The lowest BCUT2D eigenvalue weighted by Gasteiger charge is -2.29. The molecule has 0 radical (unpaired) electrons. The Morgan fingerprint density at radius 2 is 2.05 bits per heavy atom. The molecule has 19 heavy (non-hydrogen) atoms. The number of nitriles is 1. The zero-order chi connectivity index (χ0) is 14.5. The molecule has 0 saturated heterocycles. The van der Waals surface area contributed by atoms with Gasteiger partial charge in [0.15, 0.2) is 0 Å². The Kier molecular flexibility index (Phi) is 5.20. The van der Waals surface area contributed by atoms with Crippen LogP contribution in [-0.4, -0.2) is 32.1 Å². The molecule has 4 nitrogen and oxygen atoms in total. The maximum absolute atomic E-state index is 8.76. The molecule has 0 aliphatic heterocycles. The van der Waals surface area contributed by atoms with Crippen molar-refractivity contribution in [3.05, 3.63) is 23.8 Å². The highest BCUT2D eigenvalue weighted by Gasteiger charge is 2.18. The zero-order valence-electron chi connectivity index (χ0n) is 12.3. The van der Waals surface area contributed by atoms with E-state index in [1.807, 2.05) is 18.2 Å². The highest BCUT2D eigenvalue weighted by Crippen LogP contribution is 2.21. The first-order valence-corrected chi connectivity index (χ1v) is 6.48. The molecule has 1 aromatic carbocycles. The van der Waals surface area contributed by atoms with Crippen LogP contribution < -0.4 is 11.1 Å². The van der Waals surface area contributed by atoms with Gasteiger partial charge < -0.3 is 16.0 Å². The van der Waals surface area contributed by atoms with Crippen molar-refractivity contribution in [3.63, 3.8) is 0 Å². The van der Waals surface area contributed by atoms with Crippen LogP contribution in [0.1, 0.15) is 19.4 Å². The normalized spacial score (nSPS) is 11.4. The van der Waals surface area contributed by atoms with Crippen LogP contribution in [0.3, 0.4) is 0 Å². The van der Waals surface area contributed by atoms with E-state index in [-0.39, 0.29) is 5.41 Å². The summed E-state index contributed by atoms with van der Waals surface area (Å²) >= 11 is 0. The van der Waals surface area contributed by atoms with Crippen LogP contribution in [0.4, 0.5) is 11.4 Å². The number of nitrogens with one attached hydrogen (secondary N) is 1. The number of nitrogens with zero attached hydrogens (tertiary/aromatic N) is 2. The van der Waals surface area contributed by atoms with E-state index in [9.17, 15) is 0 Å². The lowest BCUT2D eigenvalue weighted by Crippen LogP contribution is -2.34. The molecular formula is C15H24N4. The van der Waals surface area contributed by atoms with Crippen LogP contribution in [0, 0.1) is 16.7 Å².